The molecule has 0 bridgehead atoms. The van der Waals surface area contributed by atoms with Gasteiger partial charge in [-0.25, -0.2) is 5.26 Å². The first-order chi connectivity index (χ1) is 10.8. The molecule has 0 spiro atoms. The molecule has 2 aromatic carbocycles. The van der Waals surface area contributed by atoms with Crippen LogP contribution >= 0.6 is 0 Å². The molecule has 0 saturated carbocycles. The van der Waals surface area contributed by atoms with Gasteiger partial charge in [-0.05, 0) is 29.5 Å². The van der Waals surface area contributed by atoms with Crippen molar-refractivity contribution in [2.24, 2.45) is 9.98 Å². The quantitative estimate of drug-likeness (QED) is 0.330. The molecule has 6 nitrogen and oxygen atoms in total. The van der Waals surface area contributed by atoms with Crippen molar-refractivity contribution in [3.05, 3.63) is 59.7 Å². The Morgan fingerprint density at radius 3 is 1.43 bits per heavy atom. The van der Waals surface area contributed by atoms with Crippen LogP contribution in [0, 0.1) is 0 Å². The predicted molar refractivity (Wildman–Crippen MR) is 84.5 cm³/mol. The van der Waals surface area contributed by atoms with Gasteiger partial charge in [0.2, 0.25) is 0 Å². The second-order valence-corrected chi connectivity index (χ2v) is 4.19. The fourth-order valence-electron chi connectivity index (χ4n) is 1.63. The summed E-state index contributed by atoms with van der Waals surface area (Å²) in [6, 6.07) is 14.1. The van der Waals surface area contributed by atoms with E-state index in [0.717, 1.165) is 0 Å². The molecule has 2 radical (unpaired) electrons. The Morgan fingerprint density at radius 1 is 0.739 bits per heavy atom. The first-order valence-electron chi connectivity index (χ1n) is 6.51. The Morgan fingerprint density at radius 2 is 1.09 bits per heavy atom. The summed E-state index contributed by atoms with van der Waals surface area (Å²) < 4.78 is 0. The SMILES string of the molecule is Oc1ccccc1C=NCCN=Cc1ccccc1O.[Co].[O]O. The van der Waals surface area contributed by atoms with Crippen LogP contribution in [0.1, 0.15) is 11.1 Å². The molecule has 0 saturated heterocycles. The predicted octanol–water partition coefficient (Wildman–Crippen LogP) is 2.52. The molecule has 0 atom stereocenters. The second-order valence-electron chi connectivity index (χ2n) is 4.19. The number of phenolic OH excluding ortho intramolecular Hbond substituents is 2. The first kappa shape index (κ1) is 20.8. The van der Waals surface area contributed by atoms with Crippen LogP contribution in [0.15, 0.2) is 58.5 Å². The number of hydrogen-bond donors (Lipinski definition) is 3. The summed E-state index contributed by atoms with van der Waals surface area (Å²) in [7, 11) is 0. The topological polar surface area (TPSA) is 105 Å². The maximum atomic E-state index is 9.54. The van der Waals surface area contributed by atoms with E-state index in [1.807, 2.05) is 12.1 Å². The van der Waals surface area contributed by atoms with Gasteiger partial charge < -0.3 is 10.2 Å². The Hall–Kier alpha value is -2.19. The number of nitrogens with zero attached hydrogens (tertiary/aromatic N) is 2. The maximum Gasteiger partial charge on any atom is 0.124 e. The van der Waals surface area contributed by atoms with Gasteiger partial charge in [-0.3, -0.25) is 9.98 Å². The smallest absolute Gasteiger partial charge is 0.124 e. The molecular formula is C16H17CoN2O4. The molecule has 0 aliphatic carbocycles. The summed E-state index contributed by atoms with van der Waals surface area (Å²) in [6.45, 7) is 1.05. The average Bonchev–Trinajstić information content (AvgIpc) is 2.56. The number of para-hydroxylation sites is 2. The average molecular weight is 360 g/mol. The molecule has 2 aromatic rings. The van der Waals surface area contributed by atoms with Crippen LogP contribution in [0.5, 0.6) is 11.5 Å². The third-order valence-electron chi connectivity index (χ3n) is 2.69. The van der Waals surface area contributed by atoms with Crippen LogP contribution < -0.4 is 0 Å². The molecular weight excluding hydrogens is 343 g/mol. The van der Waals surface area contributed by atoms with Gasteiger partial charge in [-0.15, -0.1) is 0 Å². The third kappa shape index (κ3) is 7.57. The minimum absolute atomic E-state index is 0. The Bertz CT molecular complexity index is 577. The standard InChI is InChI=1S/C16H16N2O2.Co.HO2/c19-15-7-3-1-5-13(15)11-17-9-10-18-12-14-6-2-4-8-16(14)20;;1-2/h1-8,11-12,19-20H,9-10H2;;1H. The van der Waals surface area contributed by atoms with E-state index in [2.05, 4.69) is 9.98 Å². The number of benzene rings is 2. The molecule has 23 heavy (non-hydrogen) atoms. The van der Waals surface area contributed by atoms with Crippen molar-refractivity contribution in [2.45, 2.75) is 0 Å². The summed E-state index contributed by atoms with van der Waals surface area (Å²) in [5.74, 6) is 0.433. The van der Waals surface area contributed by atoms with Gasteiger partial charge in [0, 0.05) is 40.3 Å². The number of rotatable bonds is 5. The van der Waals surface area contributed by atoms with Crippen molar-refractivity contribution in [1.82, 2.24) is 0 Å². The Kier molecular flexibility index (Phi) is 11.2. The van der Waals surface area contributed by atoms with E-state index >= 15 is 0 Å². The van der Waals surface area contributed by atoms with Gasteiger partial charge in [-0.2, -0.15) is 0 Å². The molecule has 0 fully saturated rings. The van der Waals surface area contributed by atoms with E-state index in [1.54, 1.807) is 48.8 Å². The minimum Gasteiger partial charge on any atom is -0.507 e. The van der Waals surface area contributed by atoms with Crippen molar-refractivity contribution < 1.29 is 37.5 Å². The van der Waals surface area contributed by atoms with E-state index in [0.29, 0.717) is 24.2 Å². The number of aromatic hydroxyl groups is 2. The van der Waals surface area contributed by atoms with Crippen LogP contribution in [0.2, 0.25) is 0 Å². The van der Waals surface area contributed by atoms with Crippen LogP contribution in [0.4, 0.5) is 0 Å². The molecule has 0 aromatic heterocycles. The van der Waals surface area contributed by atoms with Crippen LogP contribution in [-0.2, 0) is 22.0 Å². The second kappa shape index (κ2) is 12.4. The molecule has 2 rings (SSSR count). The van der Waals surface area contributed by atoms with E-state index < -0.39 is 0 Å². The van der Waals surface area contributed by atoms with Gasteiger partial charge in [0.15, 0.2) is 0 Å². The molecule has 7 heteroatoms. The summed E-state index contributed by atoms with van der Waals surface area (Å²) >= 11 is 0. The summed E-state index contributed by atoms with van der Waals surface area (Å²) in [6.07, 6.45) is 3.26. The van der Waals surface area contributed by atoms with Crippen LogP contribution in [0.25, 0.3) is 0 Å². The van der Waals surface area contributed by atoms with Gasteiger partial charge in [0.05, 0.1) is 13.1 Å². The normalized spacial score (nSPS) is 10.2. The molecule has 0 unspecified atom stereocenters. The van der Waals surface area contributed by atoms with Crippen molar-refractivity contribution >= 4 is 12.4 Å². The zero-order valence-electron chi connectivity index (χ0n) is 12.2. The van der Waals surface area contributed by atoms with Gasteiger partial charge in [-0.1, -0.05) is 24.3 Å². The van der Waals surface area contributed by atoms with Crippen molar-refractivity contribution in [2.75, 3.05) is 13.1 Å². The van der Waals surface area contributed by atoms with Gasteiger partial charge in [0.25, 0.3) is 0 Å². The molecule has 0 aliphatic heterocycles. The maximum absolute atomic E-state index is 9.54. The zero-order valence-corrected chi connectivity index (χ0v) is 13.2. The van der Waals surface area contributed by atoms with Gasteiger partial charge >= 0.3 is 0 Å². The van der Waals surface area contributed by atoms with Gasteiger partial charge in [0.1, 0.15) is 11.5 Å². The number of phenols is 2. The fraction of sp³-hybridized carbons (Fsp3) is 0.125. The fourth-order valence-corrected chi connectivity index (χ4v) is 1.63. The zero-order chi connectivity index (χ0) is 16.2. The van der Waals surface area contributed by atoms with Crippen LogP contribution in [0.3, 0.4) is 0 Å². The molecule has 0 aliphatic rings. The first-order valence-corrected chi connectivity index (χ1v) is 6.51. The summed E-state index contributed by atoms with van der Waals surface area (Å²) in [5.41, 5.74) is 1.38. The summed E-state index contributed by atoms with van der Waals surface area (Å²) in [4.78, 5) is 8.39. The van der Waals surface area contributed by atoms with Crippen molar-refractivity contribution in [3.8, 4) is 11.5 Å². The Balaban J connectivity index is 0.00000155. The monoisotopic (exact) mass is 360 g/mol. The Labute approximate surface area is 144 Å². The number of hydrogen-bond acceptors (Lipinski definition) is 5. The van der Waals surface area contributed by atoms with E-state index in [9.17, 15) is 10.2 Å². The minimum atomic E-state index is 0. The van der Waals surface area contributed by atoms with E-state index in [4.69, 9.17) is 10.5 Å². The van der Waals surface area contributed by atoms with E-state index in [-0.39, 0.29) is 28.3 Å². The molecule has 0 heterocycles. The molecule has 0 amide bonds. The largest absolute Gasteiger partial charge is 0.507 e. The molecule has 3 N–H and O–H groups in total. The van der Waals surface area contributed by atoms with Crippen LogP contribution in [-0.4, -0.2) is 41.0 Å². The third-order valence-corrected chi connectivity index (χ3v) is 2.69. The molecule has 124 valence electrons. The number of aliphatic imine (C=N–C) groups is 2. The summed E-state index contributed by atoms with van der Waals surface area (Å²) in [5, 5.41) is 32.1. The van der Waals surface area contributed by atoms with E-state index in [1.165, 1.54) is 0 Å². The van der Waals surface area contributed by atoms with Crippen molar-refractivity contribution in [3.63, 3.8) is 0 Å². The van der Waals surface area contributed by atoms with Crippen molar-refractivity contribution in [1.29, 1.82) is 0 Å².